The van der Waals surface area contributed by atoms with E-state index in [1.54, 1.807) is 0 Å². The topological polar surface area (TPSA) is 89.3 Å². The lowest BCUT2D eigenvalue weighted by molar-refractivity contribution is 0.102. The molecule has 21 heavy (non-hydrogen) atoms. The summed E-state index contributed by atoms with van der Waals surface area (Å²) in [5.41, 5.74) is 3.65. The molecule has 0 saturated carbocycles. The van der Waals surface area contributed by atoms with E-state index in [-0.39, 0.29) is 9.77 Å². The van der Waals surface area contributed by atoms with E-state index >= 15 is 0 Å². The average Bonchev–Trinajstić information content (AvgIpc) is 2.82. The molecule has 0 atom stereocenters. The zero-order chi connectivity index (χ0) is 15.8. The molecule has 112 valence electrons. The van der Waals surface area contributed by atoms with E-state index < -0.39 is 15.9 Å². The fraction of sp³-hybridized carbons (Fsp3) is 0.214. The zero-order valence-corrected chi connectivity index (χ0v) is 13.6. The maximum atomic E-state index is 12.3. The lowest BCUT2D eigenvalue weighted by atomic mass is 10.1. The molecule has 5 nitrogen and oxygen atoms in total. The van der Waals surface area contributed by atoms with Crippen molar-refractivity contribution in [1.82, 2.24) is 0 Å². The van der Waals surface area contributed by atoms with Crippen molar-refractivity contribution in [2.24, 2.45) is 5.14 Å². The quantitative estimate of drug-likeness (QED) is 0.909. The molecular weight excluding hydrogens is 308 g/mol. The number of hydrogen-bond donors (Lipinski definition) is 2. The maximum Gasteiger partial charge on any atom is 0.267 e. The lowest BCUT2D eigenvalue weighted by Gasteiger charge is -2.12. The Kier molecular flexibility index (Phi) is 4.18. The van der Waals surface area contributed by atoms with Crippen molar-refractivity contribution >= 4 is 33.0 Å². The first-order valence-corrected chi connectivity index (χ1v) is 8.62. The molecule has 0 unspecified atom stereocenters. The minimum Gasteiger partial charge on any atom is -0.321 e. The van der Waals surface area contributed by atoms with Gasteiger partial charge < -0.3 is 5.32 Å². The SMILES string of the molecule is Cc1cc(C)c(NC(=O)c2sccc2S(N)(=O)=O)c(C)c1. The van der Waals surface area contributed by atoms with Gasteiger partial charge in [0.15, 0.2) is 0 Å². The fourth-order valence-corrected chi connectivity index (χ4v) is 4.10. The molecule has 0 saturated heterocycles. The van der Waals surface area contributed by atoms with E-state index in [2.05, 4.69) is 5.32 Å². The first kappa shape index (κ1) is 15.7. The normalized spacial score (nSPS) is 11.4. The molecule has 0 aliphatic rings. The highest BCUT2D eigenvalue weighted by Crippen LogP contribution is 2.26. The number of hydrogen-bond acceptors (Lipinski definition) is 4. The Balaban J connectivity index is 2.39. The van der Waals surface area contributed by atoms with Gasteiger partial charge in [0.05, 0.1) is 0 Å². The van der Waals surface area contributed by atoms with Crippen molar-refractivity contribution in [2.45, 2.75) is 25.7 Å². The predicted molar refractivity (Wildman–Crippen MR) is 84.3 cm³/mol. The number of anilines is 1. The predicted octanol–water partition coefficient (Wildman–Crippen LogP) is 2.57. The monoisotopic (exact) mass is 324 g/mol. The van der Waals surface area contributed by atoms with Crippen LogP contribution in [-0.4, -0.2) is 14.3 Å². The smallest absolute Gasteiger partial charge is 0.267 e. The van der Waals surface area contributed by atoms with Gasteiger partial charge >= 0.3 is 0 Å². The highest BCUT2D eigenvalue weighted by Gasteiger charge is 2.21. The average molecular weight is 324 g/mol. The number of primary sulfonamides is 1. The van der Waals surface area contributed by atoms with Crippen LogP contribution in [0, 0.1) is 20.8 Å². The molecule has 3 N–H and O–H groups in total. The Bertz CT molecular complexity index is 784. The number of carbonyl (C=O) groups is 1. The number of aryl methyl sites for hydroxylation is 3. The highest BCUT2D eigenvalue weighted by molar-refractivity contribution is 7.89. The van der Waals surface area contributed by atoms with E-state index in [0.717, 1.165) is 28.0 Å². The van der Waals surface area contributed by atoms with Crippen LogP contribution >= 0.6 is 11.3 Å². The van der Waals surface area contributed by atoms with Gasteiger partial charge in [-0.1, -0.05) is 17.7 Å². The molecule has 0 bridgehead atoms. The van der Waals surface area contributed by atoms with Gasteiger partial charge in [0, 0.05) is 5.69 Å². The maximum absolute atomic E-state index is 12.3. The lowest BCUT2D eigenvalue weighted by Crippen LogP contribution is -2.19. The van der Waals surface area contributed by atoms with Gasteiger partial charge in [0.25, 0.3) is 5.91 Å². The van der Waals surface area contributed by atoms with Crippen molar-refractivity contribution in [3.8, 4) is 0 Å². The highest BCUT2D eigenvalue weighted by atomic mass is 32.2. The molecule has 2 rings (SSSR count). The molecule has 0 fully saturated rings. The van der Waals surface area contributed by atoms with Crippen LogP contribution in [0.25, 0.3) is 0 Å². The summed E-state index contributed by atoms with van der Waals surface area (Å²) in [6.45, 7) is 5.76. The van der Waals surface area contributed by atoms with Gasteiger partial charge in [-0.25, -0.2) is 13.6 Å². The van der Waals surface area contributed by atoms with Gasteiger partial charge in [-0.3, -0.25) is 4.79 Å². The summed E-state index contributed by atoms with van der Waals surface area (Å²) in [5, 5.41) is 9.42. The summed E-state index contributed by atoms with van der Waals surface area (Å²) < 4.78 is 22.9. The van der Waals surface area contributed by atoms with Crippen LogP contribution in [0.5, 0.6) is 0 Å². The van der Waals surface area contributed by atoms with Crippen molar-refractivity contribution in [3.05, 3.63) is 45.1 Å². The first-order valence-electron chi connectivity index (χ1n) is 6.19. The second kappa shape index (κ2) is 5.59. The van der Waals surface area contributed by atoms with E-state index in [1.807, 2.05) is 32.9 Å². The van der Waals surface area contributed by atoms with Crippen LogP contribution in [0.2, 0.25) is 0 Å². The number of carbonyl (C=O) groups excluding carboxylic acids is 1. The standard InChI is InChI=1S/C14H16N2O3S2/c1-8-6-9(2)12(10(3)7-8)16-14(17)13-11(4-5-20-13)21(15,18)19/h4-7H,1-3H3,(H,16,17)(H2,15,18,19). The summed E-state index contributed by atoms with van der Waals surface area (Å²) in [7, 11) is -3.90. The third kappa shape index (κ3) is 3.31. The van der Waals surface area contributed by atoms with Gasteiger partial charge in [-0.2, -0.15) is 0 Å². The number of sulfonamides is 1. The number of rotatable bonds is 3. The molecule has 2 aromatic rings. The van der Waals surface area contributed by atoms with E-state index in [0.29, 0.717) is 5.69 Å². The second-order valence-electron chi connectivity index (χ2n) is 4.89. The van der Waals surface area contributed by atoms with E-state index in [4.69, 9.17) is 5.14 Å². The van der Waals surface area contributed by atoms with E-state index in [1.165, 1.54) is 11.4 Å². The number of benzene rings is 1. The summed E-state index contributed by atoms with van der Waals surface area (Å²) >= 11 is 1.05. The number of thiophene rings is 1. The Labute approximate surface area is 127 Å². The molecule has 0 spiro atoms. The molecule has 1 aromatic heterocycles. The molecule has 7 heteroatoms. The van der Waals surface area contributed by atoms with Crippen molar-refractivity contribution < 1.29 is 13.2 Å². The van der Waals surface area contributed by atoms with Crippen LogP contribution in [0.1, 0.15) is 26.4 Å². The third-order valence-electron chi connectivity index (χ3n) is 3.06. The Hall–Kier alpha value is -1.70. The minimum atomic E-state index is -3.90. The summed E-state index contributed by atoms with van der Waals surface area (Å²) in [5.74, 6) is -0.468. The second-order valence-corrected chi connectivity index (χ2v) is 7.33. The van der Waals surface area contributed by atoms with Crippen LogP contribution in [0.15, 0.2) is 28.5 Å². The van der Waals surface area contributed by atoms with Crippen molar-refractivity contribution in [2.75, 3.05) is 5.32 Å². The molecular formula is C14H16N2O3S2. The summed E-state index contributed by atoms with van der Waals surface area (Å²) in [4.78, 5) is 12.3. The molecule has 1 aromatic carbocycles. The van der Waals surface area contributed by atoms with Gasteiger partial charge in [0.2, 0.25) is 10.0 Å². The molecule has 1 amide bonds. The van der Waals surface area contributed by atoms with Crippen LogP contribution in [0.3, 0.4) is 0 Å². The number of amides is 1. The van der Waals surface area contributed by atoms with Crippen molar-refractivity contribution in [1.29, 1.82) is 0 Å². The zero-order valence-electron chi connectivity index (χ0n) is 11.9. The Morgan fingerprint density at radius 3 is 2.29 bits per heavy atom. The number of nitrogens with two attached hydrogens (primary N) is 1. The molecule has 0 aliphatic heterocycles. The molecule has 0 radical (unpaired) electrons. The fourth-order valence-electron chi connectivity index (χ4n) is 2.23. The Morgan fingerprint density at radius 1 is 1.19 bits per heavy atom. The summed E-state index contributed by atoms with van der Waals surface area (Å²) in [6, 6.07) is 5.25. The first-order chi connectivity index (χ1) is 9.70. The minimum absolute atomic E-state index is 0.0943. The third-order valence-corrected chi connectivity index (χ3v) is 5.05. The molecule has 0 aliphatic carbocycles. The van der Waals surface area contributed by atoms with Crippen molar-refractivity contribution in [3.63, 3.8) is 0 Å². The van der Waals surface area contributed by atoms with Gasteiger partial charge in [0.1, 0.15) is 9.77 Å². The van der Waals surface area contributed by atoms with Crippen LogP contribution < -0.4 is 10.5 Å². The van der Waals surface area contributed by atoms with Crippen LogP contribution in [0.4, 0.5) is 5.69 Å². The Morgan fingerprint density at radius 2 is 1.76 bits per heavy atom. The summed E-state index contributed by atoms with van der Waals surface area (Å²) in [6.07, 6.45) is 0. The largest absolute Gasteiger partial charge is 0.321 e. The van der Waals surface area contributed by atoms with Crippen LogP contribution in [-0.2, 0) is 10.0 Å². The van der Waals surface area contributed by atoms with Gasteiger partial charge in [-0.15, -0.1) is 11.3 Å². The number of nitrogens with one attached hydrogen (secondary N) is 1. The van der Waals surface area contributed by atoms with Gasteiger partial charge in [-0.05, 0) is 43.3 Å². The molecule has 1 heterocycles. The van der Waals surface area contributed by atoms with E-state index in [9.17, 15) is 13.2 Å².